The average Bonchev–Trinajstić information content (AvgIpc) is 3.22. The minimum Gasteiger partial charge on any atom is -0.497 e. The van der Waals surface area contributed by atoms with E-state index in [-0.39, 0.29) is 22.9 Å². The van der Waals surface area contributed by atoms with Crippen LogP contribution in [0.3, 0.4) is 0 Å². The summed E-state index contributed by atoms with van der Waals surface area (Å²) in [6.07, 6.45) is 10.7. The summed E-state index contributed by atoms with van der Waals surface area (Å²) < 4.78 is 10.4. The molecule has 1 aromatic rings. The normalized spacial score (nSPS) is 37.5. The largest absolute Gasteiger partial charge is 0.497 e. The van der Waals surface area contributed by atoms with Gasteiger partial charge in [-0.2, -0.15) is 0 Å². The highest BCUT2D eigenvalue weighted by molar-refractivity contribution is 6.17. The molecule has 3 fully saturated rings. The van der Waals surface area contributed by atoms with E-state index in [0.717, 1.165) is 23.7 Å². The second-order valence-corrected chi connectivity index (χ2v) is 11.3. The van der Waals surface area contributed by atoms with Crippen molar-refractivity contribution < 1.29 is 19.1 Å². The number of fused-ring (bicyclic) bond motifs is 5. The van der Waals surface area contributed by atoms with Crippen molar-refractivity contribution in [3.8, 4) is 5.75 Å². The average molecular weight is 452 g/mol. The Kier molecular flexibility index (Phi) is 5.57. The van der Waals surface area contributed by atoms with Crippen LogP contribution in [0.15, 0.2) is 35.9 Å². The van der Waals surface area contributed by atoms with E-state index in [1.165, 1.54) is 45.6 Å². The van der Waals surface area contributed by atoms with Gasteiger partial charge in [-0.3, -0.25) is 4.79 Å². The summed E-state index contributed by atoms with van der Waals surface area (Å²) in [5.41, 5.74) is 1.53. The first-order valence-corrected chi connectivity index (χ1v) is 12.6. The van der Waals surface area contributed by atoms with Crippen LogP contribution >= 0.6 is 0 Å². The lowest BCUT2D eigenvalue weighted by molar-refractivity contribution is -0.149. The van der Waals surface area contributed by atoms with E-state index >= 15 is 0 Å². The van der Waals surface area contributed by atoms with Crippen molar-refractivity contribution >= 4 is 11.9 Å². The van der Waals surface area contributed by atoms with Crippen molar-refractivity contribution in [2.45, 2.75) is 71.4 Å². The first-order chi connectivity index (χ1) is 15.8. The van der Waals surface area contributed by atoms with Crippen molar-refractivity contribution in [1.29, 1.82) is 0 Å². The highest BCUT2D eigenvalue weighted by Gasteiger charge is 2.59. The third kappa shape index (κ3) is 3.50. The number of nitrogens with zero attached hydrogens (tertiary/aromatic N) is 1. The van der Waals surface area contributed by atoms with Gasteiger partial charge >= 0.3 is 5.97 Å². The number of methoxy groups -OCH3 is 2. The van der Waals surface area contributed by atoms with Gasteiger partial charge in [0.25, 0.3) is 5.91 Å². The summed E-state index contributed by atoms with van der Waals surface area (Å²) in [5.74, 6) is 2.04. The van der Waals surface area contributed by atoms with Crippen LogP contribution in [0.2, 0.25) is 0 Å². The summed E-state index contributed by atoms with van der Waals surface area (Å²) in [6.45, 7) is 5.31. The van der Waals surface area contributed by atoms with Gasteiger partial charge in [0.2, 0.25) is 0 Å². The van der Waals surface area contributed by atoms with Crippen molar-refractivity contribution in [2.24, 2.45) is 28.6 Å². The van der Waals surface area contributed by atoms with E-state index in [1.807, 2.05) is 35.2 Å². The lowest BCUT2D eigenvalue weighted by Crippen LogP contribution is -2.61. The molecule has 1 aromatic carbocycles. The van der Waals surface area contributed by atoms with Gasteiger partial charge in [-0.05, 0) is 79.4 Å². The molecule has 178 valence electrons. The summed E-state index contributed by atoms with van der Waals surface area (Å²) in [5, 5.41) is 0. The fourth-order valence-electron chi connectivity index (χ4n) is 8.09. The Labute approximate surface area is 197 Å². The van der Waals surface area contributed by atoms with Gasteiger partial charge in [0.1, 0.15) is 11.3 Å². The minimum absolute atomic E-state index is 0.104. The van der Waals surface area contributed by atoms with E-state index in [0.29, 0.717) is 23.8 Å². The number of hydrogen-bond acceptors (Lipinski definition) is 4. The third-order valence-electron chi connectivity index (χ3n) is 9.75. The molecule has 5 rings (SSSR count). The van der Waals surface area contributed by atoms with Crippen LogP contribution in [-0.4, -0.2) is 37.0 Å². The monoisotopic (exact) mass is 451 g/mol. The molecular weight excluding hydrogens is 414 g/mol. The third-order valence-corrected chi connectivity index (χ3v) is 9.75. The highest BCUT2D eigenvalue weighted by atomic mass is 16.5. The number of rotatable bonds is 4. The van der Waals surface area contributed by atoms with Crippen molar-refractivity contribution in [1.82, 2.24) is 4.90 Å². The maximum Gasteiger partial charge on any atom is 0.343 e. The topological polar surface area (TPSA) is 55.8 Å². The molecule has 0 aromatic heterocycles. The van der Waals surface area contributed by atoms with E-state index in [2.05, 4.69) is 13.8 Å². The van der Waals surface area contributed by atoms with Gasteiger partial charge < -0.3 is 14.4 Å². The molecule has 3 aliphatic carbocycles. The first-order valence-electron chi connectivity index (χ1n) is 12.6. The Bertz CT molecular complexity index is 969. The van der Waals surface area contributed by atoms with Gasteiger partial charge in [-0.25, -0.2) is 4.79 Å². The Morgan fingerprint density at radius 2 is 1.79 bits per heavy atom. The number of amides is 1. The highest BCUT2D eigenvalue weighted by Crippen LogP contribution is 2.64. The molecule has 3 saturated carbocycles. The summed E-state index contributed by atoms with van der Waals surface area (Å²) in [6, 6.07) is 7.98. The first kappa shape index (κ1) is 22.5. The smallest absolute Gasteiger partial charge is 0.343 e. The van der Waals surface area contributed by atoms with Crippen LogP contribution in [0.4, 0.5) is 0 Å². The molecule has 0 saturated heterocycles. The molecule has 1 aliphatic heterocycles. The summed E-state index contributed by atoms with van der Waals surface area (Å²) >= 11 is 0. The maximum atomic E-state index is 13.6. The second kappa shape index (κ2) is 8.18. The number of ether oxygens (including phenoxy) is 2. The van der Waals surface area contributed by atoms with Crippen molar-refractivity contribution in [3.63, 3.8) is 0 Å². The van der Waals surface area contributed by atoms with Gasteiger partial charge in [-0.1, -0.05) is 38.5 Å². The SMILES string of the molecule is COC(=O)C1=C[C@@]2(C)C(CC[C@@H]3[C@H]2CC[C@]2(C)CCC[C@@H]32)N(Cc2ccc(OC)cc2)C1=O. The van der Waals surface area contributed by atoms with E-state index < -0.39 is 5.97 Å². The fraction of sp³-hybridized carbons (Fsp3) is 0.643. The number of carbonyl (C=O) groups is 2. The molecule has 1 amide bonds. The van der Waals surface area contributed by atoms with E-state index in [4.69, 9.17) is 9.47 Å². The van der Waals surface area contributed by atoms with Crippen LogP contribution in [0.25, 0.3) is 0 Å². The molecule has 1 heterocycles. The number of esters is 1. The van der Waals surface area contributed by atoms with Crippen LogP contribution in [0, 0.1) is 28.6 Å². The Balaban J connectivity index is 1.52. The Hall–Kier alpha value is -2.30. The standard InChI is InChI=1S/C28H37NO4/c1-27-14-5-6-22(27)20-11-12-24-28(2,23(20)13-15-27)16-21(26(31)33-4)25(30)29(24)17-18-7-9-19(32-3)10-8-18/h7-10,16,20,22-24H,5-6,11-15,17H2,1-4H3/t20-,22-,23+,24?,27-,28+/m0/s1. The second-order valence-electron chi connectivity index (χ2n) is 11.3. The zero-order valence-electron chi connectivity index (χ0n) is 20.4. The zero-order valence-corrected chi connectivity index (χ0v) is 20.4. The molecule has 33 heavy (non-hydrogen) atoms. The minimum atomic E-state index is -0.511. The predicted molar refractivity (Wildman–Crippen MR) is 126 cm³/mol. The quantitative estimate of drug-likeness (QED) is 0.470. The predicted octanol–water partition coefficient (Wildman–Crippen LogP) is 5.14. The van der Waals surface area contributed by atoms with Gasteiger partial charge in [-0.15, -0.1) is 0 Å². The summed E-state index contributed by atoms with van der Waals surface area (Å²) in [7, 11) is 3.02. The van der Waals surface area contributed by atoms with Crippen molar-refractivity contribution in [3.05, 3.63) is 41.5 Å². The Morgan fingerprint density at radius 3 is 2.48 bits per heavy atom. The molecule has 5 nitrogen and oxygen atoms in total. The lowest BCUT2D eigenvalue weighted by atomic mass is 9.48. The molecule has 1 unspecified atom stereocenters. The van der Waals surface area contributed by atoms with Crippen LogP contribution < -0.4 is 4.74 Å². The molecule has 0 radical (unpaired) electrons. The molecule has 0 bridgehead atoms. The van der Waals surface area contributed by atoms with Gasteiger partial charge in [0, 0.05) is 18.0 Å². The van der Waals surface area contributed by atoms with Gasteiger partial charge in [0.15, 0.2) is 0 Å². The molecule has 0 spiro atoms. The van der Waals surface area contributed by atoms with Crippen LogP contribution in [-0.2, 0) is 20.9 Å². The lowest BCUT2D eigenvalue weighted by Gasteiger charge is -2.60. The number of hydrogen-bond donors (Lipinski definition) is 0. The molecule has 0 N–H and O–H groups in total. The number of carbonyl (C=O) groups excluding carboxylic acids is 2. The number of benzene rings is 1. The fourth-order valence-corrected chi connectivity index (χ4v) is 8.09. The van der Waals surface area contributed by atoms with Crippen LogP contribution in [0.5, 0.6) is 5.75 Å². The van der Waals surface area contributed by atoms with E-state index in [1.54, 1.807) is 7.11 Å². The van der Waals surface area contributed by atoms with Crippen molar-refractivity contribution in [2.75, 3.05) is 14.2 Å². The molecule has 5 heteroatoms. The maximum absolute atomic E-state index is 13.6. The van der Waals surface area contributed by atoms with Gasteiger partial charge in [0.05, 0.1) is 14.2 Å². The molecular formula is C28H37NO4. The zero-order chi connectivity index (χ0) is 23.4. The summed E-state index contributed by atoms with van der Waals surface area (Å²) in [4.78, 5) is 28.3. The van der Waals surface area contributed by atoms with Crippen LogP contribution in [0.1, 0.15) is 64.4 Å². The molecule has 6 atom stereocenters. The van der Waals surface area contributed by atoms with E-state index in [9.17, 15) is 9.59 Å². The molecule has 4 aliphatic rings. The Morgan fingerprint density at radius 1 is 1.03 bits per heavy atom.